The fourth-order valence-electron chi connectivity index (χ4n) is 1.82. The molecule has 2 aromatic heterocycles. The van der Waals surface area contributed by atoms with E-state index in [4.69, 9.17) is 5.14 Å². The Bertz CT molecular complexity index is 693. The average Bonchev–Trinajstić information content (AvgIpc) is 2.73. The van der Waals surface area contributed by atoms with E-state index >= 15 is 0 Å². The monoisotopic (exact) mass is 281 g/mol. The van der Waals surface area contributed by atoms with Gasteiger partial charge in [0.25, 0.3) is 15.2 Å². The second kappa shape index (κ2) is 5.06. The van der Waals surface area contributed by atoms with Crippen molar-refractivity contribution in [2.45, 2.75) is 32.0 Å². The normalized spacial score (nSPS) is 11.7. The van der Waals surface area contributed by atoms with Crippen LogP contribution in [0, 0.1) is 6.92 Å². The maximum atomic E-state index is 11.5. The van der Waals surface area contributed by atoms with Crippen LogP contribution >= 0.6 is 0 Å². The van der Waals surface area contributed by atoms with Gasteiger partial charge in [-0.05, 0) is 25.5 Å². The van der Waals surface area contributed by atoms with Crippen LogP contribution in [0.2, 0.25) is 0 Å². The number of hydrogen-bond donors (Lipinski definition) is 1. The lowest BCUT2D eigenvalue weighted by Gasteiger charge is -2.07. The van der Waals surface area contributed by atoms with Crippen LogP contribution in [0.5, 0.6) is 0 Å². The standard InChI is InChI=1S/C11H15N5O2S/c1-3-6-16-10(9-4-5-13-8(2)7-9)14-15-11(16)19(12,17)18/h4-5,7H,3,6H2,1-2H3,(H2,12,17,18). The third-order valence-electron chi connectivity index (χ3n) is 2.57. The first-order chi connectivity index (χ1) is 8.93. The topological polar surface area (TPSA) is 104 Å². The summed E-state index contributed by atoms with van der Waals surface area (Å²) in [5.74, 6) is 0.483. The number of rotatable bonds is 4. The van der Waals surface area contributed by atoms with Crippen molar-refractivity contribution < 1.29 is 8.42 Å². The van der Waals surface area contributed by atoms with E-state index in [0.29, 0.717) is 12.4 Å². The van der Waals surface area contributed by atoms with Gasteiger partial charge in [0.1, 0.15) is 0 Å². The Kier molecular flexibility index (Phi) is 3.63. The minimum Gasteiger partial charge on any atom is -0.297 e. The minimum atomic E-state index is -3.88. The van der Waals surface area contributed by atoms with E-state index in [0.717, 1.165) is 17.7 Å². The highest BCUT2D eigenvalue weighted by atomic mass is 32.2. The van der Waals surface area contributed by atoms with Crippen LogP contribution in [0.25, 0.3) is 11.4 Å². The molecule has 2 heterocycles. The lowest BCUT2D eigenvalue weighted by atomic mass is 10.2. The Hall–Kier alpha value is -1.80. The van der Waals surface area contributed by atoms with Crippen LogP contribution in [0.15, 0.2) is 23.5 Å². The number of sulfonamides is 1. The van der Waals surface area contributed by atoms with Crippen molar-refractivity contribution in [3.05, 3.63) is 24.0 Å². The molecule has 0 bridgehead atoms. The summed E-state index contributed by atoms with van der Waals surface area (Å²) in [6.07, 6.45) is 2.39. The Labute approximate surface area is 111 Å². The molecule has 7 nitrogen and oxygen atoms in total. The zero-order valence-corrected chi connectivity index (χ0v) is 11.6. The lowest BCUT2D eigenvalue weighted by molar-refractivity contribution is 0.559. The highest BCUT2D eigenvalue weighted by Crippen LogP contribution is 2.20. The Balaban J connectivity index is 2.62. The van der Waals surface area contributed by atoms with E-state index in [1.165, 1.54) is 4.57 Å². The molecule has 0 unspecified atom stereocenters. The summed E-state index contributed by atoms with van der Waals surface area (Å²) >= 11 is 0. The van der Waals surface area contributed by atoms with E-state index in [1.807, 2.05) is 19.9 Å². The maximum Gasteiger partial charge on any atom is 0.273 e. The van der Waals surface area contributed by atoms with Gasteiger partial charge in [0.15, 0.2) is 5.82 Å². The van der Waals surface area contributed by atoms with Crippen LogP contribution in [-0.2, 0) is 16.6 Å². The molecule has 102 valence electrons. The Morgan fingerprint density at radius 2 is 2.11 bits per heavy atom. The Morgan fingerprint density at radius 1 is 1.37 bits per heavy atom. The van der Waals surface area contributed by atoms with E-state index in [1.54, 1.807) is 12.3 Å². The van der Waals surface area contributed by atoms with E-state index < -0.39 is 10.0 Å². The minimum absolute atomic E-state index is 0.209. The number of hydrogen-bond acceptors (Lipinski definition) is 5. The van der Waals surface area contributed by atoms with Gasteiger partial charge in [-0.25, -0.2) is 13.6 Å². The lowest BCUT2D eigenvalue weighted by Crippen LogP contribution is -2.19. The van der Waals surface area contributed by atoms with Gasteiger partial charge < -0.3 is 0 Å². The molecule has 0 atom stereocenters. The number of aromatic nitrogens is 4. The summed E-state index contributed by atoms with van der Waals surface area (Å²) in [6.45, 7) is 4.27. The van der Waals surface area contributed by atoms with Gasteiger partial charge in [-0.2, -0.15) is 0 Å². The largest absolute Gasteiger partial charge is 0.297 e. The molecule has 0 radical (unpaired) electrons. The molecule has 19 heavy (non-hydrogen) atoms. The highest BCUT2D eigenvalue weighted by Gasteiger charge is 2.21. The highest BCUT2D eigenvalue weighted by molar-refractivity contribution is 7.89. The predicted octanol–water partition coefficient (Wildman–Crippen LogP) is 0.706. The van der Waals surface area contributed by atoms with Crippen molar-refractivity contribution in [2.75, 3.05) is 0 Å². The maximum absolute atomic E-state index is 11.5. The third kappa shape index (κ3) is 2.79. The molecule has 0 aliphatic heterocycles. The van der Waals surface area contributed by atoms with Crippen molar-refractivity contribution in [1.29, 1.82) is 0 Å². The number of aryl methyl sites for hydroxylation is 1. The summed E-state index contributed by atoms with van der Waals surface area (Å²) < 4.78 is 24.5. The number of primary sulfonamides is 1. The average molecular weight is 281 g/mol. The van der Waals surface area contributed by atoms with Crippen molar-refractivity contribution in [3.63, 3.8) is 0 Å². The van der Waals surface area contributed by atoms with Gasteiger partial charge in [-0.3, -0.25) is 9.55 Å². The van der Waals surface area contributed by atoms with Crippen molar-refractivity contribution in [2.24, 2.45) is 5.14 Å². The molecule has 0 amide bonds. The van der Waals surface area contributed by atoms with Crippen molar-refractivity contribution >= 4 is 10.0 Å². The summed E-state index contributed by atoms with van der Waals surface area (Å²) in [5, 5.41) is 12.6. The zero-order chi connectivity index (χ0) is 14.0. The van der Waals surface area contributed by atoms with Gasteiger partial charge in [-0.1, -0.05) is 6.92 Å². The van der Waals surface area contributed by atoms with E-state index in [-0.39, 0.29) is 5.16 Å². The molecule has 2 aromatic rings. The van der Waals surface area contributed by atoms with Crippen molar-refractivity contribution in [3.8, 4) is 11.4 Å². The third-order valence-corrected chi connectivity index (χ3v) is 3.38. The van der Waals surface area contributed by atoms with Gasteiger partial charge in [0.2, 0.25) is 0 Å². The molecule has 0 aromatic carbocycles. The first-order valence-corrected chi connectivity index (χ1v) is 7.37. The summed E-state index contributed by atoms with van der Waals surface area (Å²) in [4.78, 5) is 4.10. The molecule has 0 fully saturated rings. The van der Waals surface area contributed by atoms with Gasteiger partial charge in [-0.15, -0.1) is 10.2 Å². The molecule has 0 saturated carbocycles. The van der Waals surface area contributed by atoms with E-state index in [2.05, 4.69) is 15.2 Å². The fourth-order valence-corrected chi connectivity index (χ4v) is 2.46. The number of nitrogens with zero attached hydrogens (tertiary/aromatic N) is 4. The first kappa shape index (κ1) is 13.6. The molecular formula is C11H15N5O2S. The molecule has 0 spiro atoms. The first-order valence-electron chi connectivity index (χ1n) is 5.82. The Morgan fingerprint density at radius 3 is 2.68 bits per heavy atom. The zero-order valence-electron chi connectivity index (χ0n) is 10.7. The van der Waals surface area contributed by atoms with Crippen LogP contribution < -0.4 is 5.14 Å². The van der Waals surface area contributed by atoms with Gasteiger partial charge in [0, 0.05) is 24.0 Å². The quantitative estimate of drug-likeness (QED) is 0.888. The van der Waals surface area contributed by atoms with Crippen LogP contribution in [0.1, 0.15) is 19.0 Å². The fraction of sp³-hybridized carbons (Fsp3) is 0.364. The van der Waals surface area contributed by atoms with E-state index in [9.17, 15) is 8.42 Å². The van der Waals surface area contributed by atoms with Crippen LogP contribution in [0.3, 0.4) is 0 Å². The number of pyridine rings is 1. The molecule has 0 aliphatic rings. The molecule has 2 N–H and O–H groups in total. The predicted molar refractivity (Wildman–Crippen MR) is 69.7 cm³/mol. The molecule has 2 rings (SSSR count). The second-order valence-corrected chi connectivity index (χ2v) is 5.64. The second-order valence-electron chi connectivity index (χ2n) is 4.19. The van der Waals surface area contributed by atoms with Crippen LogP contribution in [0.4, 0.5) is 0 Å². The SMILES string of the molecule is CCCn1c(-c2ccnc(C)c2)nnc1S(N)(=O)=O. The van der Waals surface area contributed by atoms with Gasteiger partial charge >= 0.3 is 0 Å². The smallest absolute Gasteiger partial charge is 0.273 e. The summed E-state index contributed by atoms with van der Waals surface area (Å²) in [5.41, 5.74) is 1.59. The summed E-state index contributed by atoms with van der Waals surface area (Å²) in [7, 11) is -3.88. The van der Waals surface area contributed by atoms with Crippen molar-refractivity contribution in [1.82, 2.24) is 19.7 Å². The molecule has 0 aliphatic carbocycles. The summed E-state index contributed by atoms with van der Waals surface area (Å²) in [6, 6.07) is 3.58. The van der Waals surface area contributed by atoms with Gasteiger partial charge in [0.05, 0.1) is 0 Å². The molecular weight excluding hydrogens is 266 g/mol. The molecule has 0 saturated heterocycles. The number of nitrogens with two attached hydrogens (primary N) is 1. The van der Waals surface area contributed by atoms with Crippen LogP contribution in [-0.4, -0.2) is 28.2 Å². The molecule has 8 heteroatoms.